The molecule has 1 heterocycles. The van der Waals surface area contributed by atoms with E-state index in [4.69, 9.17) is 4.74 Å². The topological polar surface area (TPSA) is 75.7 Å². The third-order valence-electron chi connectivity index (χ3n) is 4.57. The third-order valence-corrected chi connectivity index (χ3v) is 5.97. The van der Waals surface area contributed by atoms with Crippen molar-refractivity contribution in [3.8, 4) is 5.75 Å². The van der Waals surface area contributed by atoms with Crippen LogP contribution in [0, 0.1) is 0 Å². The summed E-state index contributed by atoms with van der Waals surface area (Å²) in [5.41, 5.74) is 3.49. The molecule has 0 spiro atoms. The predicted molar refractivity (Wildman–Crippen MR) is 105 cm³/mol. The zero-order valence-corrected chi connectivity index (χ0v) is 16.6. The van der Waals surface area contributed by atoms with Gasteiger partial charge in [0, 0.05) is 30.3 Å². The average Bonchev–Trinajstić information content (AvgIpc) is 2.90. The van der Waals surface area contributed by atoms with Crippen molar-refractivity contribution in [2.24, 2.45) is 0 Å². The molecular weight excluding hydrogens is 364 g/mol. The van der Waals surface area contributed by atoms with Crippen molar-refractivity contribution in [2.45, 2.75) is 25.3 Å². The fraction of sp³-hybridized carbons (Fsp3) is 0.250. The molecule has 6 nitrogen and oxygen atoms in total. The van der Waals surface area contributed by atoms with Crippen molar-refractivity contribution in [1.82, 2.24) is 4.72 Å². The molecular formula is C20H22N2O4S. The molecule has 1 N–H and O–H groups in total. The lowest BCUT2D eigenvalue weighted by atomic mass is 10.0. The fourth-order valence-corrected chi connectivity index (χ4v) is 4.19. The Balaban J connectivity index is 1.93. The summed E-state index contributed by atoms with van der Waals surface area (Å²) in [7, 11) is -0.517. The molecule has 7 heteroatoms. The minimum absolute atomic E-state index is 0.109. The highest BCUT2D eigenvalue weighted by Gasteiger charge is 2.31. The summed E-state index contributed by atoms with van der Waals surface area (Å²) in [5.74, 6) is 0.495. The van der Waals surface area contributed by atoms with Gasteiger partial charge in [-0.1, -0.05) is 23.8 Å². The van der Waals surface area contributed by atoms with Crippen LogP contribution < -0.4 is 14.4 Å². The quantitative estimate of drug-likeness (QED) is 0.802. The molecule has 0 aliphatic carbocycles. The minimum atomic E-state index is -3.75. The predicted octanol–water partition coefficient (Wildman–Crippen LogP) is 2.94. The number of amides is 1. The average molecular weight is 386 g/mol. The summed E-state index contributed by atoms with van der Waals surface area (Å²) in [6, 6.07) is 12.0. The van der Waals surface area contributed by atoms with Gasteiger partial charge in [0.15, 0.2) is 0 Å². The number of sulfonamides is 1. The number of fused-ring (bicyclic) bond motifs is 1. The van der Waals surface area contributed by atoms with Crippen molar-refractivity contribution in [2.75, 3.05) is 19.1 Å². The highest BCUT2D eigenvalue weighted by atomic mass is 32.2. The van der Waals surface area contributed by atoms with E-state index in [2.05, 4.69) is 4.72 Å². The maximum atomic E-state index is 12.8. The second kappa shape index (κ2) is 7.17. The van der Waals surface area contributed by atoms with E-state index in [9.17, 15) is 13.2 Å². The molecule has 1 amide bonds. The summed E-state index contributed by atoms with van der Waals surface area (Å²) in [5, 5.41) is 0. The molecule has 0 bridgehead atoms. The van der Waals surface area contributed by atoms with Crippen LogP contribution in [-0.4, -0.2) is 28.5 Å². The van der Waals surface area contributed by atoms with Crippen LogP contribution in [0.25, 0.3) is 5.57 Å². The van der Waals surface area contributed by atoms with E-state index < -0.39 is 10.0 Å². The van der Waals surface area contributed by atoms with Crippen LogP contribution in [0.3, 0.4) is 0 Å². The lowest BCUT2D eigenvalue weighted by Gasteiger charge is -2.12. The lowest BCUT2D eigenvalue weighted by Crippen LogP contribution is -2.23. The van der Waals surface area contributed by atoms with E-state index in [-0.39, 0.29) is 17.3 Å². The van der Waals surface area contributed by atoms with Crippen LogP contribution in [0.5, 0.6) is 5.75 Å². The normalized spacial score (nSPS) is 13.7. The van der Waals surface area contributed by atoms with Crippen LogP contribution in [0.4, 0.5) is 5.69 Å². The number of methoxy groups -OCH3 is 1. The van der Waals surface area contributed by atoms with Crippen molar-refractivity contribution < 1.29 is 17.9 Å². The van der Waals surface area contributed by atoms with Gasteiger partial charge in [-0.2, -0.15) is 0 Å². The van der Waals surface area contributed by atoms with Crippen LogP contribution >= 0.6 is 0 Å². The van der Waals surface area contributed by atoms with Crippen molar-refractivity contribution in [3.63, 3.8) is 0 Å². The number of nitrogens with one attached hydrogen (secondary N) is 1. The molecule has 0 fully saturated rings. The second-order valence-electron chi connectivity index (χ2n) is 6.55. The Hall–Kier alpha value is -2.64. The van der Waals surface area contributed by atoms with E-state index in [1.54, 1.807) is 38.4 Å². The van der Waals surface area contributed by atoms with Crippen LogP contribution in [0.2, 0.25) is 0 Å². The first-order chi connectivity index (χ1) is 12.8. The van der Waals surface area contributed by atoms with Crippen molar-refractivity contribution >= 4 is 27.2 Å². The molecule has 0 saturated heterocycles. The van der Waals surface area contributed by atoms with E-state index >= 15 is 0 Å². The summed E-state index contributed by atoms with van der Waals surface area (Å²) in [6.45, 7) is 3.80. The molecule has 3 rings (SSSR count). The summed E-state index contributed by atoms with van der Waals surface area (Å²) >= 11 is 0. The third kappa shape index (κ3) is 3.48. The Morgan fingerprint density at radius 3 is 2.52 bits per heavy atom. The fourth-order valence-electron chi connectivity index (χ4n) is 3.16. The summed E-state index contributed by atoms with van der Waals surface area (Å²) in [4.78, 5) is 14.1. The number of benzene rings is 2. The van der Waals surface area contributed by atoms with Crippen LogP contribution in [0.1, 0.15) is 25.0 Å². The smallest absolute Gasteiger partial charge is 0.258 e. The number of nitrogens with zero attached hydrogens (tertiary/aromatic N) is 1. The van der Waals surface area contributed by atoms with Gasteiger partial charge < -0.3 is 9.64 Å². The first-order valence-corrected chi connectivity index (χ1v) is 9.96. The number of hydrogen-bond acceptors (Lipinski definition) is 4. The van der Waals surface area contributed by atoms with E-state index in [1.165, 1.54) is 11.0 Å². The molecule has 0 aromatic heterocycles. The van der Waals surface area contributed by atoms with Gasteiger partial charge in [-0.25, -0.2) is 13.1 Å². The van der Waals surface area contributed by atoms with Gasteiger partial charge in [0.25, 0.3) is 5.91 Å². The molecule has 142 valence electrons. The lowest BCUT2D eigenvalue weighted by molar-refractivity contribution is -0.112. The zero-order chi connectivity index (χ0) is 19.8. The molecule has 0 atom stereocenters. The van der Waals surface area contributed by atoms with Gasteiger partial charge >= 0.3 is 0 Å². The van der Waals surface area contributed by atoms with E-state index in [0.29, 0.717) is 22.6 Å². The Morgan fingerprint density at radius 1 is 1.15 bits per heavy atom. The van der Waals surface area contributed by atoms with Gasteiger partial charge in [-0.05, 0) is 38.1 Å². The number of carbonyl (C=O) groups excluding carboxylic acids is 1. The number of anilines is 1. The Bertz CT molecular complexity index is 1040. The number of ether oxygens (including phenoxy) is 1. The van der Waals surface area contributed by atoms with Crippen LogP contribution in [0.15, 0.2) is 52.9 Å². The van der Waals surface area contributed by atoms with Crippen molar-refractivity contribution in [3.05, 3.63) is 59.2 Å². The van der Waals surface area contributed by atoms with Crippen LogP contribution in [-0.2, 0) is 21.4 Å². The van der Waals surface area contributed by atoms with Gasteiger partial charge in [0.1, 0.15) is 5.75 Å². The first-order valence-electron chi connectivity index (χ1n) is 8.47. The first kappa shape index (κ1) is 19.1. The summed E-state index contributed by atoms with van der Waals surface area (Å²) in [6.07, 6.45) is 0. The standard InChI is InChI=1S/C20H22N2O4S/c1-13(2)19-16-11-15(9-10-17(16)22(3)20(19)23)27(24,25)21-12-14-7-5-6-8-18(14)26-4/h5-11,21H,12H2,1-4H3. The van der Waals surface area contributed by atoms with E-state index in [1.807, 2.05) is 26.0 Å². The largest absolute Gasteiger partial charge is 0.496 e. The molecule has 1 aliphatic rings. The maximum Gasteiger partial charge on any atom is 0.258 e. The second-order valence-corrected chi connectivity index (χ2v) is 8.32. The molecule has 0 saturated carbocycles. The van der Waals surface area contributed by atoms with Gasteiger partial charge in [-0.15, -0.1) is 0 Å². The maximum absolute atomic E-state index is 12.8. The molecule has 2 aromatic rings. The highest BCUT2D eigenvalue weighted by molar-refractivity contribution is 7.89. The molecule has 0 radical (unpaired) electrons. The zero-order valence-electron chi connectivity index (χ0n) is 15.7. The Labute approximate surface area is 159 Å². The number of likely N-dealkylation sites (N-methyl/N-ethyl adjacent to an activating group) is 1. The highest BCUT2D eigenvalue weighted by Crippen LogP contribution is 2.38. The number of rotatable bonds is 5. The number of para-hydroxylation sites is 1. The Morgan fingerprint density at radius 2 is 1.85 bits per heavy atom. The van der Waals surface area contributed by atoms with Gasteiger partial charge in [0.05, 0.1) is 17.7 Å². The number of allylic oxidation sites excluding steroid dienone is 1. The van der Waals surface area contributed by atoms with Gasteiger partial charge in [0.2, 0.25) is 10.0 Å². The Kier molecular flexibility index (Phi) is 5.08. The SMILES string of the molecule is COc1ccccc1CNS(=O)(=O)c1ccc2c(c1)C(=C(C)C)C(=O)N2C. The molecule has 0 unspecified atom stereocenters. The summed E-state index contributed by atoms with van der Waals surface area (Å²) < 4.78 is 33.4. The monoisotopic (exact) mass is 386 g/mol. The van der Waals surface area contributed by atoms with Crippen molar-refractivity contribution in [1.29, 1.82) is 0 Å². The number of hydrogen-bond donors (Lipinski definition) is 1. The van der Waals surface area contributed by atoms with E-state index in [0.717, 1.165) is 11.1 Å². The van der Waals surface area contributed by atoms with Gasteiger partial charge in [-0.3, -0.25) is 4.79 Å². The minimum Gasteiger partial charge on any atom is -0.496 e. The molecule has 1 aliphatic heterocycles. The molecule has 27 heavy (non-hydrogen) atoms. The number of carbonyl (C=O) groups is 1. The molecule has 2 aromatic carbocycles.